The number of aryl methyl sites for hydroxylation is 4. The maximum atomic E-state index is 13.1. The molecule has 0 aliphatic heterocycles. The number of carbonyl (C=O) groups excluding carboxylic acids is 1. The third-order valence-electron chi connectivity index (χ3n) is 11.0. The van der Waals surface area contributed by atoms with Gasteiger partial charge in [0.2, 0.25) is 11.4 Å². The number of aromatic carboxylic acids is 1. The van der Waals surface area contributed by atoms with Crippen LogP contribution in [-0.4, -0.2) is 211 Å². The molecule has 0 amide bonds. The van der Waals surface area contributed by atoms with E-state index >= 15 is 0 Å². The van der Waals surface area contributed by atoms with E-state index in [4.69, 9.17) is 43.4 Å². The van der Waals surface area contributed by atoms with Crippen molar-refractivity contribution in [3.8, 4) is 0 Å². The second-order valence-electron chi connectivity index (χ2n) is 17.0. The molecule has 0 aliphatic carbocycles. The fraction of sp³-hybridized carbons (Fsp3) is 0.617. The van der Waals surface area contributed by atoms with Crippen LogP contribution in [-0.2, 0) is 46.2 Å². The van der Waals surface area contributed by atoms with Crippen LogP contribution in [0.5, 0.6) is 0 Å². The highest BCUT2D eigenvalue weighted by atomic mass is 16.7. The smallest absolute Gasteiger partial charge is 0.362 e. The van der Waals surface area contributed by atoms with Crippen LogP contribution in [0.3, 0.4) is 0 Å². The molecule has 0 bridgehead atoms. The Kier molecular flexibility index (Phi) is 26.9. The largest absolute Gasteiger partial charge is 0.476 e. The first-order valence-electron chi connectivity index (χ1n) is 22.4. The normalized spacial score (nSPS) is 14.1. The second kappa shape index (κ2) is 30.8. The lowest BCUT2D eigenvalue weighted by molar-refractivity contribution is -0.166. The minimum Gasteiger partial charge on any atom is -0.476 e. The zero-order chi connectivity index (χ0) is 52.8. The molecule has 23 heteroatoms. The first kappa shape index (κ1) is 61.3. The van der Waals surface area contributed by atoms with Crippen LogP contribution >= 0.6 is 0 Å². The lowest BCUT2D eigenvalue weighted by Crippen LogP contribution is -2.43. The Morgan fingerprint density at radius 3 is 1.60 bits per heavy atom. The topological polar surface area (TPSA) is 296 Å². The summed E-state index contributed by atoms with van der Waals surface area (Å²) in [6.07, 6.45) is -5.91. The highest BCUT2D eigenvalue weighted by Crippen LogP contribution is 2.23. The fourth-order valence-electron chi connectivity index (χ4n) is 6.58. The summed E-state index contributed by atoms with van der Waals surface area (Å²) >= 11 is 0. The van der Waals surface area contributed by atoms with Gasteiger partial charge >= 0.3 is 11.9 Å². The van der Waals surface area contributed by atoms with Crippen LogP contribution in [0.25, 0.3) is 22.1 Å². The van der Waals surface area contributed by atoms with Gasteiger partial charge in [0.15, 0.2) is 0 Å². The van der Waals surface area contributed by atoms with E-state index in [9.17, 15) is 39.6 Å². The number of methoxy groups -OCH3 is 3. The standard InChI is InChI=1S/C23H34N2O9.C20H29N3O7.C4H11NO/c1-14-7-17-18(8-15(14)2)25(22(26)21(24-17)23(27)28)9-19(33-12-30-5)16(3)20(34-13-31-6)10-32-11-29-4;1-11-7-13-14(8-12(11)2)23(9-15(25)18(27)16(26)10-24)19(28)17(21-13)20(29)30-6-5-22(3)4;1-5(2)3-4-6/h7-8,16,19-20H,9-13H2,1-6H3,(H,27,28);7-8,15-16,18,24-27H,5-6,9-10H2,1-4H3;6H,3-4H2,1-2H3/t16-,19-,20+;15-,16+,18-;/m00./s1. The van der Waals surface area contributed by atoms with Gasteiger partial charge in [-0.3, -0.25) is 9.59 Å². The molecule has 6 atom stereocenters. The summed E-state index contributed by atoms with van der Waals surface area (Å²) in [7, 11) is 12.0. The minimum absolute atomic E-state index is 0.0299. The molecule has 394 valence electrons. The lowest BCUT2D eigenvalue weighted by atomic mass is 9.97. The molecule has 2 aromatic carbocycles. The lowest BCUT2D eigenvalue weighted by Gasteiger charge is -2.31. The number of carbonyl (C=O) groups is 2. The zero-order valence-electron chi connectivity index (χ0n) is 42.4. The van der Waals surface area contributed by atoms with Crippen LogP contribution in [0.1, 0.15) is 50.2 Å². The van der Waals surface area contributed by atoms with Crippen molar-refractivity contribution < 1.29 is 73.4 Å². The molecule has 4 rings (SSSR count). The predicted octanol–water partition coefficient (Wildman–Crippen LogP) is 0.293. The van der Waals surface area contributed by atoms with Gasteiger partial charge in [0, 0.05) is 40.3 Å². The molecule has 23 nitrogen and oxygen atoms in total. The van der Waals surface area contributed by atoms with E-state index in [1.165, 1.54) is 25.9 Å². The van der Waals surface area contributed by atoms with Crippen molar-refractivity contribution >= 4 is 34.0 Å². The van der Waals surface area contributed by atoms with E-state index in [1.807, 2.05) is 78.7 Å². The Morgan fingerprint density at radius 2 is 1.14 bits per heavy atom. The number of fused-ring (bicyclic) bond motifs is 2. The maximum Gasteiger partial charge on any atom is 0.362 e. The van der Waals surface area contributed by atoms with Crippen LogP contribution in [0.15, 0.2) is 33.9 Å². The zero-order valence-corrected chi connectivity index (χ0v) is 42.4. The minimum atomic E-state index is -1.69. The molecule has 4 aromatic rings. The highest BCUT2D eigenvalue weighted by Gasteiger charge is 2.31. The summed E-state index contributed by atoms with van der Waals surface area (Å²) in [5.74, 6) is -2.59. The van der Waals surface area contributed by atoms with Gasteiger partial charge in [-0.2, -0.15) is 0 Å². The number of carboxylic acids is 1. The van der Waals surface area contributed by atoms with E-state index in [0.717, 1.165) is 33.4 Å². The molecular weight excluding hydrogens is 921 g/mol. The van der Waals surface area contributed by atoms with Crippen LogP contribution < -0.4 is 11.1 Å². The van der Waals surface area contributed by atoms with Gasteiger partial charge < -0.3 is 82.7 Å². The molecule has 0 saturated carbocycles. The second-order valence-corrected chi connectivity index (χ2v) is 17.0. The first-order valence-corrected chi connectivity index (χ1v) is 22.4. The van der Waals surface area contributed by atoms with Crippen molar-refractivity contribution in [1.29, 1.82) is 0 Å². The van der Waals surface area contributed by atoms with Gasteiger partial charge in [0.25, 0.3) is 11.1 Å². The summed E-state index contributed by atoms with van der Waals surface area (Å²) in [6, 6.07) is 7.00. The number of benzene rings is 2. The van der Waals surface area contributed by atoms with Crippen LogP contribution in [0, 0.1) is 33.6 Å². The van der Waals surface area contributed by atoms with Gasteiger partial charge in [-0.15, -0.1) is 0 Å². The number of aliphatic hydroxyl groups is 5. The van der Waals surface area contributed by atoms with Crippen LogP contribution in [0.2, 0.25) is 0 Å². The monoisotopic (exact) mass is 995 g/mol. The number of hydrogen-bond acceptors (Lipinski definition) is 20. The summed E-state index contributed by atoms with van der Waals surface area (Å²) in [6.45, 7) is 10.1. The van der Waals surface area contributed by atoms with Gasteiger partial charge in [-0.1, -0.05) is 6.92 Å². The van der Waals surface area contributed by atoms with E-state index < -0.39 is 78.1 Å². The molecule has 0 fully saturated rings. The van der Waals surface area contributed by atoms with Crippen molar-refractivity contribution in [2.24, 2.45) is 5.92 Å². The number of aliphatic hydroxyl groups excluding tert-OH is 5. The Bertz CT molecular complexity index is 2380. The number of rotatable bonds is 26. The molecule has 0 aliphatic rings. The molecule has 0 unspecified atom stereocenters. The number of carboxylic acid groups (broad SMARTS) is 1. The highest BCUT2D eigenvalue weighted by molar-refractivity contribution is 5.90. The quantitative estimate of drug-likeness (QED) is 0.0280. The molecule has 0 spiro atoms. The number of likely N-dealkylation sites (N-methyl/N-ethyl adjacent to an activating group) is 2. The first-order chi connectivity index (χ1) is 33.1. The van der Waals surface area contributed by atoms with Gasteiger partial charge in [-0.25, -0.2) is 19.6 Å². The van der Waals surface area contributed by atoms with E-state index in [1.54, 1.807) is 18.2 Å². The van der Waals surface area contributed by atoms with Gasteiger partial charge in [0.05, 0.1) is 67.2 Å². The number of esters is 1. The summed E-state index contributed by atoms with van der Waals surface area (Å²) in [4.78, 5) is 62.4. The van der Waals surface area contributed by atoms with Crippen molar-refractivity contribution in [1.82, 2.24) is 28.9 Å². The number of aromatic nitrogens is 4. The van der Waals surface area contributed by atoms with Crippen molar-refractivity contribution in [2.45, 2.75) is 78.2 Å². The Labute approximate surface area is 407 Å². The third-order valence-corrected chi connectivity index (χ3v) is 11.0. The predicted molar refractivity (Wildman–Crippen MR) is 258 cm³/mol. The van der Waals surface area contributed by atoms with Crippen molar-refractivity contribution in [3.63, 3.8) is 0 Å². The molecular formula is C47H74N6O17. The number of nitrogens with zero attached hydrogens (tertiary/aromatic N) is 6. The van der Waals surface area contributed by atoms with Crippen LogP contribution in [0.4, 0.5) is 0 Å². The summed E-state index contributed by atoms with van der Waals surface area (Å²) in [5, 5.41) is 56.6. The van der Waals surface area contributed by atoms with E-state index in [-0.39, 0.29) is 52.7 Å². The summed E-state index contributed by atoms with van der Waals surface area (Å²) < 4.78 is 40.0. The molecule has 70 heavy (non-hydrogen) atoms. The molecule has 0 saturated heterocycles. The summed E-state index contributed by atoms with van der Waals surface area (Å²) in [5.41, 5.74) is 2.78. The average Bonchev–Trinajstić information content (AvgIpc) is 3.30. The van der Waals surface area contributed by atoms with E-state index in [0.29, 0.717) is 28.6 Å². The van der Waals surface area contributed by atoms with Crippen molar-refractivity contribution in [2.75, 3.05) is 109 Å². The number of ether oxygens (including phenoxy) is 7. The van der Waals surface area contributed by atoms with Gasteiger partial charge in [-0.05, 0) is 102 Å². The molecule has 2 heterocycles. The maximum absolute atomic E-state index is 13.1. The third kappa shape index (κ3) is 18.4. The molecule has 0 radical (unpaired) electrons. The average molecular weight is 995 g/mol. The fourth-order valence-corrected chi connectivity index (χ4v) is 6.58. The molecule has 6 N–H and O–H groups in total. The Morgan fingerprint density at radius 1 is 0.671 bits per heavy atom. The Balaban J connectivity index is 0.000000432. The van der Waals surface area contributed by atoms with Gasteiger partial charge in [0.1, 0.15) is 45.3 Å². The molecule has 2 aromatic heterocycles. The number of hydrogen-bond donors (Lipinski definition) is 6. The van der Waals surface area contributed by atoms with E-state index in [2.05, 4.69) is 9.97 Å². The Hall–Kier alpha value is -4.86. The SMILES string of the molecule is CN(C)CCO.COCOC[C@@H](OCOC)[C@@H](C)[C@H](Cn1c(=O)c(C(=O)O)nc2cc(C)c(C)cc21)OCOC.Cc1cc2nc(C(=O)OCCN(C)C)c(=O)n(C[C@H](O)[C@H](O)[C@H](O)CO)c2cc1C. The van der Waals surface area contributed by atoms with Crippen molar-refractivity contribution in [3.05, 3.63) is 78.6 Å².